The van der Waals surface area contributed by atoms with Gasteiger partial charge in [0.1, 0.15) is 5.54 Å². The van der Waals surface area contributed by atoms with E-state index >= 15 is 0 Å². The van der Waals surface area contributed by atoms with Crippen molar-refractivity contribution in [2.75, 3.05) is 26.2 Å². The summed E-state index contributed by atoms with van der Waals surface area (Å²) in [6.45, 7) is 10.6. The molecule has 1 fully saturated rings. The molecule has 104 valence electrons. The summed E-state index contributed by atoms with van der Waals surface area (Å²) in [6, 6.07) is 2.53. The smallest absolute Gasteiger partial charge is 0.106 e. The van der Waals surface area contributed by atoms with Crippen LogP contribution < -0.4 is 5.32 Å². The van der Waals surface area contributed by atoms with Crippen LogP contribution in [0.3, 0.4) is 0 Å². The Hall–Kier alpha value is -0.590. The fourth-order valence-corrected chi connectivity index (χ4v) is 2.97. The molecule has 0 amide bonds. The molecule has 0 aromatic carbocycles. The van der Waals surface area contributed by atoms with Crippen molar-refractivity contribution in [1.82, 2.24) is 10.2 Å². The minimum absolute atomic E-state index is 0.326. The van der Waals surface area contributed by atoms with Crippen LogP contribution in [0.1, 0.15) is 52.9 Å². The summed E-state index contributed by atoms with van der Waals surface area (Å²) in [6.07, 6.45) is 6.35. The fraction of sp³-hybridized carbons (Fsp3) is 0.933. The molecule has 1 aliphatic rings. The van der Waals surface area contributed by atoms with E-state index in [9.17, 15) is 5.26 Å². The van der Waals surface area contributed by atoms with E-state index in [0.29, 0.717) is 5.92 Å². The first-order valence-electron chi connectivity index (χ1n) is 7.55. The summed E-state index contributed by atoms with van der Waals surface area (Å²) in [5, 5.41) is 13.0. The van der Waals surface area contributed by atoms with Gasteiger partial charge in [-0.3, -0.25) is 5.32 Å². The second-order valence-corrected chi connectivity index (χ2v) is 5.60. The Morgan fingerprint density at radius 3 is 2.33 bits per heavy atom. The molecule has 1 N–H and O–H groups in total. The predicted molar refractivity (Wildman–Crippen MR) is 76.4 cm³/mol. The maximum absolute atomic E-state index is 9.49. The number of hydrogen-bond acceptors (Lipinski definition) is 3. The van der Waals surface area contributed by atoms with Gasteiger partial charge in [0.15, 0.2) is 0 Å². The van der Waals surface area contributed by atoms with E-state index in [1.54, 1.807) is 0 Å². The van der Waals surface area contributed by atoms with Crippen LogP contribution >= 0.6 is 0 Å². The van der Waals surface area contributed by atoms with Gasteiger partial charge in [-0.05, 0) is 38.8 Å². The Morgan fingerprint density at radius 1 is 1.22 bits per heavy atom. The summed E-state index contributed by atoms with van der Waals surface area (Å²) < 4.78 is 0. The topological polar surface area (TPSA) is 39.1 Å². The lowest BCUT2D eigenvalue weighted by atomic mass is 9.76. The summed E-state index contributed by atoms with van der Waals surface area (Å²) in [7, 11) is 0. The maximum atomic E-state index is 9.49. The minimum Gasteiger partial charge on any atom is -0.303 e. The van der Waals surface area contributed by atoms with Crippen LogP contribution in [-0.2, 0) is 0 Å². The molecule has 3 heteroatoms. The Balaban J connectivity index is 2.42. The molecule has 1 aliphatic carbocycles. The zero-order valence-electron chi connectivity index (χ0n) is 12.3. The van der Waals surface area contributed by atoms with E-state index in [1.807, 2.05) is 0 Å². The van der Waals surface area contributed by atoms with E-state index < -0.39 is 0 Å². The molecule has 3 nitrogen and oxygen atoms in total. The van der Waals surface area contributed by atoms with Crippen molar-refractivity contribution in [2.45, 2.75) is 58.4 Å². The molecule has 18 heavy (non-hydrogen) atoms. The predicted octanol–water partition coefficient (Wildman–Crippen LogP) is 2.78. The van der Waals surface area contributed by atoms with Gasteiger partial charge >= 0.3 is 0 Å². The van der Waals surface area contributed by atoms with Crippen LogP contribution in [0.15, 0.2) is 0 Å². The molecule has 0 spiro atoms. The average Bonchev–Trinajstić information content (AvgIpc) is 2.44. The van der Waals surface area contributed by atoms with Gasteiger partial charge in [0, 0.05) is 13.1 Å². The van der Waals surface area contributed by atoms with Crippen LogP contribution in [0.2, 0.25) is 0 Å². The zero-order chi connectivity index (χ0) is 13.4. The summed E-state index contributed by atoms with van der Waals surface area (Å²) in [4.78, 5) is 2.39. The van der Waals surface area contributed by atoms with Gasteiger partial charge in [0.2, 0.25) is 0 Å². The largest absolute Gasteiger partial charge is 0.303 e. The van der Waals surface area contributed by atoms with E-state index in [-0.39, 0.29) is 5.54 Å². The molecule has 1 atom stereocenters. The molecule has 0 aromatic heterocycles. The summed E-state index contributed by atoms with van der Waals surface area (Å²) in [5.74, 6) is 0.535. The van der Waals surface area contributed by atoms with Gasteiger partial charge in [0.25, 0.3) is 0 Å². The van der Waals surface area contributed by atoms with Crippen molar-refractivity contribution in [3.63, 3.8) is 0 Å². The number of nitrogens with zero attached hydrogens (tertiary/aromatic N) is 2. The van der Waals surface area contributed by atoms with Crippen molar-refractivity contribution >= 4 is 0 Å². The van der Waals surface area contributed by atoms with Crippen LogP contribution in [0.5, 0.6) is 0 Å². The highest BCUT2D eigenvalue weighted by atomic mass is 15.1. The van der Waals surface area contributed by atoms with Gasteiger partial charge in [0.05, 0.1) is 6.07 Å². The van der Waals surface area contributed by atoms with Crippen molar-refractivity contribution < 1.29 is 0 Å². The Bertz CT molecular complexity index is 261. The molecule has 1 unspecified atom stereocenters. The number of likely N-dealkylation sites (N-methyl/N-ethyl adjacent to an activating group) is 1. The standard InChI is InChI=1S/C15H29N3/c1-4-18(5-2)12-11-17-15(3,13-16)14-9-7-6-8-10-14/h14,17H,4-12H2,1-3H3. The maximum Gasteiger partial charge on any atom is 0.106 e. The first-order chi connectivity index (χ1) is 8.66. The van der Waals surface area contributed by atoms with Gasteiger partial charge in [-0.15, -0.1) is 0 Å². The van der Waals surface area contributed by atoms with Gasteiger partial charge in [-0.25, -0.2) is 0 Å². The van der Waals surface area contributed by atoms with Crippen LogP contribution in [0.4, 0.5) is 0 Å². The van der Waals surface area contributed by atoms with E-state index in [4.69, 9.17) is 0 Å². The van der Waals surface area contributed by atoms with Crippen molar-refractivity contribution in [1.29, 1.82) is 5.26 Å². The van der Waals surface area contributed by atoms with Crippen LogP contribution in [0, 0.1) is 17.2 Å². The molecular formula is C15H29N3. The average molecular weight is 251 g/mol. The third kappa shape index (κ3) is 4.26. The van der Waals surface area contributed by atoms with Crippen molar-refractivity contribution in [2.24, 2.45) is 5.92 Å². The first-order valence-corrected chi connectivity index (χ1v) is 7.55. The summed E-state index contributed by atoms with van der Waals surface area (Å²) in [5.41, 5.74) is -0.326. The van der Waals surface area contributed by atoms with Gasteiger partial charge in [-0.1, -0.05) is 33.1 Å². The van der Waals surface area contributed by atoms with Crippen molar-refractivity contribution in [3.8, 4) is 6.07 Å². The molecular weight excluding hydrogens is 222 g/mol. The first kappa shape index (κ1) is 15.5. The van der Waals surface area contributed by atoms with E-state index in [2.05, 4.69) is 37.1 Å². The SMILES string of the molecule is CCN(CC)CCNC(C)(C#N)C1CCCCC1. The third-order valence-corrected chi connectivity index (χ3v) is 4.47. The van der Waals surface area contributed by atoms with Gasteiger partial charge in [-0.2, -0.15) is 5.26 Å². The minimum atomic E-state index is -0.326. The quantitative estimate of drug-likeness (QED) is 0.756. The lowest BCUT2D eigenvalue weighted by Gasteiger charge is -2.35. The lowest BCUT2D eigenvalue weighted by molar-refractivity contribution is 0.214. The monoisotopic (exact) mass is 251 g/mol. The van der Waals surface area contributed by atoms with Crippen LogP contribution in [0.25, 0.3) is 0 Å². The second-order valence-electron chi connectivity index (χ2n) is 5.60. The number of rotatable bonds is 7. The fourth-order valence-electron chi connectivity index (χ4n) is 2.97. The summed E-state index contributed by atoms with van der Waals surface area (Å²) >= 11 is 0. The second kappa shape index (κ2) is 7.76. The number of nitrogens with one attached hydrogen (secondary N) is 1. The normalized spacial score (nSPS) is 20.6. The van der Waals surface area contributed by atoms with E-state index in [1.165, 1.54) is 32.1 Å². The molecule has 0 aromatic rings. The Labute approximate surface area is 113 Å². The number of hydrogen-bond donors (Lipinski definition) is 1. The highest BCUT2D eigenvalue weighted by molar-refractivity contribution is 5.08. The third-order valence-electron chi connectivity index (χ3n) is 4.47. The van der Waals surface area contributed by atoms with E-state index in [0.717, 1.165) is 26.2 Å². The highest BCUT2D eigenvalue weighted by Gasteiger charge is 2.34. The molecule has 0 saturated heterocycles. The molecule has 0 aliphatic heterocycles. The lowest BCUT2D eigenvalue weighted by Crippen LogP contribution is -2.50. The molecule has 0 radical (unpaired) electrons. The molecule has 1 saturated carbocycles. The Morgan fingerprint density at radius 2 is 1.83 bits per heavy atom. The highest BCUT2D eigenvalue weighted by Crippen LogP contribution is 2.32. The molecule has 1 rings (SSSR count). The number of nitriles is 1. The van der Waals surface area contributed by atoms with Gasteiger partial charge < -0.3 is 4.90 Å². The van der Waals surface area contributed by atoms with Crippen LogP contribution in [-0.4, -0.2) is 36.6 Å². The molecule has 0 heterocycles. The Kier molecular flexibility index (Phi) is 6.67. The van der Waals surface area contributed by atoms with Crippen molar-refractivity contribution in [3.05, 3.63) is 0 Å². The zero-order valence-corrected chi connectivity index (χ0v) is 12.3. The molecule has 0 bridgehead atoms.